The molecule has 0 amide bonds. The second-order valence-corrected chi connectivity index (χ2v) is 8.49. The van der Waals surface area contributed by atoms with E-state index >= 15 is 0 Å². The smallest absolute Gasteiger partial charge is 0.244 e. The molecule has 1 saturated heterocycles. The SMILES string of the molecule is CCN(c1cnnc(NCc2ccccc2C)n1)C1CCS(=O)(=O)C1. The van der Waals surface area contributed by atoms with Gasteiger partial charge < -0.3 is 10.2 Å². The Balaban J connectivity index is 1.73. The number of hydrogen-bond donors (Lipinski definition) is 1. The molecule has 1 aromatic carbocycles. The van der Waals surface area contributed by atoms with Crippen molar-refractivity contribution in [2.24, 2.45) is 0 Å². The van der Waals surface area contributed by atoms with Crippen LogP contribution in [0.3, 0.4) is 0 Å². The van der Waals surface area contributed by atoms with Crippen molar-refractivity contribution in [3.63, 3.8) is 0 Å². The average molecular weight is 361 g/mol. The third-order valence-corrected chi connectivity index (χ3v) is 6.28. The molecule has 1 unspecified atom stereocenters. The van der Waals surface area contributed by atoms with E-state index in [1.54, 1.807) is 6.20 Å². The molecule has 1 aliphatic heterocycles. The second kappa shape index (κ2) is 7.35. The molecule has 7 nitrogen and oxygen atoms in total. The van der Waals surface area contributed by atoms with Crippen LogP contribution in [-0.4, -0.2) is 47.7 Å². The van der Waals surface area contributed by atoms with E-state index in [4.69, 9.17) is 0 Å². The third kappa shape index (κ3) is 4.25. The van der Waals surface area contributed by atoms with Crippen molar-refractivity contribution in [3.05, 3.63) is 41.6 Å². The minimum absolute atomic E-state index is 0.0454. The topological polar surface area (TPSA) is 88.1 Å². The minimum atomic E-state index is -2.94. The molecule has 8 heteroatoms. The molecule has 1 atom stereocenters. The monoisotopic (exact) mass is 361 g/mol. The molecule has 0 radical (unpaired) electrons. The van der Waals surface area contributed by atoms with Crippen LogP contribution in [-0.2, 0) is 16.4 Å². The van der Waals surface area contributed by atoms with Crippen LogP contribution in [0.2, 0.25) is 0 Å². The first-order chi connectivity index (χ1) is 12.0. The average Bonchev–Trinajstić information content (AvgIpc) is 2.95. The Kier molecular flexibility index (Phi) is 5.17. The molecule has 0 spiro atoms. The van der Waals surface area contributed by atoms with Crippen LogP contribution >= 0.6 is 0 Å². The quantitative estimate of drug-likeness (QED) is 0.839. The summed E-state index contributed by atoms with van der Waals surface area (Å²) in [7, 11) is -2.94. The maximum absolute atomic E-state index is 11.8. The van der Waals surface area contributed by atoms with Gasteiger partial charge in [-0.15, -0.1) is 5.10 Å². The Morgan fingerprint density at radius 1 is 1.32 bits per heavy atom. The van der Waals surface area contributed by atoms with Crippen molar-refractivity contribution in [2.75, 3.05) is 28.3 Å². The van der Waals surface area contributed by atoms with Gasteiger partial charge in [0.05, 0.1) is 17.7 Å². The molecule has 0 bridgehead atoms. The Morgan fingerprint density at radius 3 is 2.80 bits per heavy atom. The number of nitrogens with zero attached hydrogens (tertiary/aromatic N) is 4. The lowest BCUT2D eigenvalue weighted by Crippen LogP contribution is -2.37. The normalized spacial score (nSPS) is 18.9. The number of hydrogen-bond acceptors (Lipinski definition) is 7. The lowest BCUT2D eigenvalue weighted by Gasteiger charge is -2.27. The van der Waals surface area contributed by atoms with Gasteiger partial charge in [-0.25, -0.2) is 8.42 Å². The molecule has 1 aromatic heterocycles. The molecular weight excluding hydrogens is 338 g/mol. The Hall–Kier alpha value is -2.22. The van der Waals surface area contributed by atoms with Crippen LogP contribution in [0, 0.1) is 6.92 Å². The largest absolute Gasteiger partial charge is 0.351 e. The number of aryl methyl sites for hydroxylation is 1. The number of anilines is 2. The van der Waals surface area contributed by atoms with Crippen molar-refractivity contribution in [1.82, 2.24) is 15.2 Å². The summed E-state index contributed by atoms with van der Waals surface area (Å²) in [5.41, 5.74) is 2.37. The van der Waals surface area contributed by atoms with Gasteiger partial charge in [0.2, 0.25) is 5.95 Å². The van der Waals surface area contributed by atoms with E-state index in [-0.39, 0.29) is 17.5 Å². The van der Waals surface area contributed by atoms with Crippen LogP contribution in [0.15, 0.2) is 30.5 Å². The lowest BCUT2D eigenvalue weighted by molar-refractivity contribution is 0.599. The highest BCUT2D eigenvalue weighted by molar-refractivity contribution is 7.91. The highest BCUT2D eigenvalue weighted by Gasteiger charge is 2.32. The van der Waals surface area contributed by atoms with E-state index in [1.165, 1.54) is 11.1 Å². The summed E-state index contributed by atoms with van der Waals surface area (Å²) in [5, 5.41) is 11.3. The number of aromatic nitrogens is 3. The standard InChI is InChI=1S/C17H23N5O2S/c1-3-22(15-8-9-25(23,24)12-15)16-11-19-21-17(20-16)18-10-14-7-5-4-6-13(14)2/h4-7,11,15H,3,8-10,12H2,1-2H3,(H,18,20,21). The fraction of sp³-hybridized carbons (Fsp3) is 0.471. The zero-order chi connectivity index (χ0) is 17.9. The number of rotatable bonds is 6. The molecular formula is C17H23N5O2S. The molecule has 3 rings (SSSR count). The number of nitrogens with one attached hydrogen (secondary N) is 1. The second-order valence-electron chi connectivity index (χ2n) is 6.26. The zero-order valence-electron chi connectivity index (χ0n) is 14.5. The summed E-state index contributed by atoms with van der Waals surface area (Å²) in [6.45, 7) is 5.34. The summed E-state index contributed by atoms with van der Waals surface area (Å²) in [4.78, 5) is 6.53. The molecule has 134 valence electrons. The summed E-state index contributed by atoms with van der Waals surface area (Å²) < 4.78 is 23.5. The third-order valence-electron chi connectivity index (χ3n) is 4.53. The van der Waals surface area contributed by atoms with Crippen molar-refractivity contribution in [3.8, 4) is 0 Å². The Morgan fingerprint density at radius 2 is 2.12 bits per heavy atom. The summed E-state index contributed by atoms with van der Waals surface area (Å²) in [5.74, 6) is 1.52. The van der Waals surface area contributed by atoms with E-state index in [2.05, 4.69) is 39.6 Å². The van der Waals surface area contributed by atoms with Crippen molar-refractivity contribution in [2.45, 2.75) is 32.9 Å². The molecule has 0 saturated carbocycles. The van der Waals surface area contributed by atoms with Crippen molar-refractivity contribution in [1.29, 1.82) is 0 Å². The summed E-state index contributed by atoms with van der Waals surface area (Å²) in [6.07, 6.45) is 2.22. The Labute approximate surface area is 148 Å². The first-order valence-corrected chi connectivity index (χ1v) is 10.3. The van der Waals surface area contributed by atoms with Gasteiger partial charge in [0, 0.05) is 19.1 Å². The predicted molar refractivity (Wildman–Crippen MR) is 98.4 cm³/mol. The van der Waals surface area contributed by atoms with Crippen LogP contribution in [0.1, 0.15) is 24.5 Å². The minimum Gasteiger partial charge on any atom is -0.351 e. The lowest BCUT2D eigenvalue weighted by atomic mass is 10.1. The van der Waals surface area contributed by atoms with Crippen LogP contribution < -0.4 is 10.2 Å². The maximum atomic E-state index is 11.8. The molecule has 2 heterocycles. The maximum Gasteiger partial charge on any atom is 0.244 e. The number of sulfone groups is 1. The predicted octanol–water partition coefficient (Wildman–Crippen LogP) is 1.81. The van der Waals surface area contributed by atoms with Gasteiger partial charge in [0.15, 0.2) is 15.7 Å². The van der Waals surface area contributed by atoms with Gasteiger partial charge in [-0.05, 0) is 31.4 Å². The van der Waals surface area contributed by atoms with Crippen LogP contribution in [0.25, 0.3) is 0 Å². The molecule has 1 fully saturated rings. The van der Waals surface area contributed by atoms with E-state index in [9.17, 15) is 8.42 Å². The van der Waals surface area contributed by atoms with E-state index in [0.717, 1.165) is 0 Å². The van der Waals surface area contributed by atoms with Gasteiger partial charge in [-0.3, -0.25) is 0 Å². The van der Waals surface area contributed by atoms with Gasteiger partial charge in [0.1, 0.15) is 0 Å². The highest BCUT2D eigenvalue weighted by atomic mass is 32.2. The van der Waals surface area contributed by atoms with Crippen molar-refractivity contribution >= 4 is 21.6 Å². The summed E-state index contributed by atoms with van der Waals surface area (Å²) >= 11 is 0. The van der Waals surface area contributed by atoms with Crippen molar-refractivity contribution < 1.29 is 8.42 Å². The molecule has 1 N–H and O–H groups in total. The fourth-order valence-corrected chi connectivity index (χ4v) is 4.85. The van der Waals surface area contributed by atoms with Gasteiger partial charge in [0.25, 0.3) is 0 Å². The molecule has 1 aliphatic rings. The number of benzene rings is 1. The van der Waals surface area contributed by atoms with E-state index < -0.39 is 9.84 Å². The van der Waals surface area contributed by atoms with E-state index in [0.29, 0.717) is 31.3 Å². The first kappa shape index (κ1) is 17.6. The first-order valence-electron chi connectivity index (χ1n) is 8.43. The molecule has 0 aliphatic carbocycles. The fourth-order valence-electron chi connectivity index (χ4n) is 3.12. The zero-order valence-corrected chi connectivity index (χ0v) is 15.3. The molecule has 25 heavy (non-hydrogen) atoms. The van der Waals surface area contributed by atoms with Gasteiger partial charge >= 0.3 is 0 Å². The summed E-state index contributed by atoms with van der Waals surface area (Å²) in [6, 6.07) is 8.08. The van der Waals surface area contributed by atoms with Gasteiger partial charge in [-0.2, -0.15) is 10.1 Å². The van der Waals surface area contributed by atoms with Crippen LogP contribution in [0.5, 0.6) is 0 Å². The highest BCUT2D eigenvalue weighted by Crippen LogP contribution is 2.22. The van der Waals surface area contributed by atoms with Crippen LogP contribution in [0.4, 0.5) is 11.8 Å². The van der Waals surface area contributed by atoms with Gasteiger partial charge in [-0.1, -0.05) is 24.3 Å². The Bertz CT molecular complexity index is 840. The molecule has 2 aromatic rings. The van der Waals surface area contributed by atoms with E-state index in [1.807, 2.05) is 24.0 Å².